The van der Waals surface area contributed by atoms with Gasteiger partial charge in [-0.1, -0.05) is 50.8 Å². The van der Waals surface area contributed by atoms with E-state index in [0.29, 0.717) is 0 Å². The summed E-state index contributed by atoms with van der Waals surface area (Å²) < 4.78 is 5.82. The fraction of sp³-hybridized carbons (Fsp3) is 0.455. The number of ether oxygens (including phenoxy) is 1. The molecule has 0 aliphatic carbocycles. The lowest BCUT2D eigenvalue weighted by Gasteiger charge is -2.10. The topological polar surface area (TPSA) is 21.3 Å². The Morgan fingerprint density at radius 2 is 1.50 bits per heavy atom. The first-order valence-electron chi connectivity index (χ1n) is 9.21. The largest absolute Gasteiger partial charge is 0.494 e. The third-order valence-corrected chi connectivity index (χ3v) is 4.16. The lowest BCUT2D eigenvalue weighted by Crippen LogP contribution is -2.01. The Morgan fingerprint density at radius 3 is 2.17 bits per heavy atom. The first-order valence-corrected chi connectivity index (χ1v) is 9.21. The number of nitrogens with one attached hydrogen (secondary N) is 1. The van der Waals surface area contributed by atoms with E-state index in [1.54, 1.807) is 0 Å². The molecule has 24 heavy (non-hydrogen) atoms. The number of rotatable bonds is 10. The third kappa shape index (κ3) is 6.66. The zero-order chi connectivity index (χ0) is 17.2. The number of unbranched alkanes of at least 4 members (excludes halogenated alkanes) is 4. The molecule has 2 aromatic carbocycles. The van der Waals surface area contributed by atoms with Crippen LogP contribution in [0.5, 0.6) is 5.75 Å². The molecule has 2 nitrogen and oxygen atoms in total. The Hall–Kier alpha value is -1.96. The number of aryl methyl sites for hydroxylation is 2. The highest BCUT2D eigenvalue weighted by molar-refractivity contribution is 5.48. The highest BCUT2D eigenvalue weighted by atomic mass is 16.5. The van der Waals surface area contributed by atoms with Gasteiger partial charge >= 0.3 is 0 Å². The maximum atomic E-state index is 5.82. The molecule has 0 bridgehead atoms. The van der Waals surface area contributed by atoms with Gasteiger partial charge in [-0.2, -0.15) is 0 Å². The average molecular weight is 325 g/mol. The molecule has 0 spiro atoms. The van der Waals surface area contributed by atoms with Gasteiger partial charge in [0.05, 0.1) is 6.61 Å². The minimum atomic E-state index is 0.823. The molecule has 0 unspecified atom stereocenters. The number of hydrogen-bond donors (Lipinski definition) is 1. The molecule has 0 saturated carbocycles. The minimum Gasteiger partial charge on any atom is -0.494 e. The molecule has 0 radical (unpaired) electrons. The second-order valence-electron chi connectivity index (χ2n) is 6.64. The molecule has 0 fully saturated rings. The van der Waals surface area contributed by atoms with Crippen molar-refractivity contribution in [2.75, 3.05) is 11.9 Å². The second-order valence-corrected chi connectivity index (χ2v) is 6.64. The van der Waals surface area contributed by atoms with E-state index in [9.17, 15) is 0 Å². The summed E-state index contributed by atoms with van der Waals surface area (Å²) in [4.78, 5) is 0. The lowest BCUT2D eigenvalue weighted by atomic mass is 10.1. The van der Waals surface area contributed by atoms with Gasteiger partial charge in [-0.25, -0.2) is 0 Å². The Kier molecular flexibility index (Phi) is 7.67. The maximum Gasteiger partial charge on any atom is 0.119 e. The van der Waals surface area contributed by atoms with Gasteiger partial charge in [0, 0.05) is 12.2 Å². The zero-order valence-corrected chi connectivity index (χ0v) is 15.4. The van der Waals surface area contributed by atoms with E-state index in [2.05, 4.69) is 68.6 Å². The molecular formula is C22H31NO. The van der Waals surface area contributed by atoms with Crippen LogP contribution in [0.4, 0.5) is 5.69 Å². The minimum absolute atomic E-state index is 0.823. The summed E-state index contributed by atoms with van der Waals surface area (Å²) in [5, 5.41) is 3.49. The van der Waals surface area contributed by atoms with Crippen molar-refractivity contribution in [3.8, 4) is 5.75 Å². The van der Waals surface area contributed by atoms with Crippen molar-refractivity contribution in [2.45, 2.75) is 59.4 Å². The van der Waals surface area contributed by atoms with E-state index >= 15 is 0 Å². The van der Waals surface area contributed by atoms with Crippen LogP contribution in [0.1, 0.15) is 55.7 Å². The van der Waals surface area contributed by atoms with Crippen molar-refractivity contribution in [3.05, 3.63) is 59.2 Å². The zero-order valence-electron chi connectivity index (χ0n) is 15.4. The van der Waals surface area contributed by atoms with Crippen molar-refractivity contribution in [2.24, 2.45) is 0 Å². The van der Waals surface area contributed by atoms with E-state index in [4.69, 9.17) is 4.74 Å². The van der Waals surface area contributed by atoms with Gasteiger partial charge in [0.1, 0.15) is 5.75 Å². The molecule has 2 aromatic rings. The summed E-state index contributed by atoms with van der Waals surface area (Å²) in [6, 6.07) is 15.0. The van der Waals surface area contributed by atoms with Gasteiger partial charge in [0.15, 0.2) is 0 Å². The van der Waals surface area contributed by atoms with Crippen molar-refractivity contribution >= 4 is 5.69 Å². The Bertz CT molecular complexity index is 584. The highest BCUT2D eigenvalue weighted by Gasteiger charge is 1.99. The summed E-state index contributed by atoms with van der Waals surface area (Å²) in [6.45, 7) is 8.16. The quantitative estimate of drug-likeness (QED) is 0.520. The molecular weight excluding hydrogens is 294 g/mol. The summed E-state index contributed by atoms with van der Waals surface area (Å²) in [5.41, 5.74) is 5.03. The van der Waals surface area contributed by atoms with Crippen LogP contribution in [0, 0.1) is 13.8 Å². The van der Waals surface area contributed by atoms with Crippen LogP contribution in [-0.2, 0) is 6.54 Å². The van der Waals surface area contributed by atoms with Crippen LogP contribution in [0.15, 0.2) is 42.5 Å². The van der Waals surface area contributed by atoms with Gasteiger partial charge in [0.25, 0.3) is 0 Å². The molecule has 0 heterocycles. The molecule has 130 valence electrons. The van der Waals surface area contributed by atoms with E-state index in [0.717, 1.165) is 25.3 Å². The standard InChI is InChI=1S/C22H31NO/c1-4-5-6-7-8-13-24-22-11-9-20(10-12-22)17-23-21-15-18(2)14-19(3)16-21/h9-12,14-16,23H,4-8,13,17H2,1-3H3. The van der Waals surface area contributed by atoms with Crippen molar-refractivity contribution in [1.29, 1.82) is 0 Å². The van der Waals surface area contributed by atoms with Gasteiger partial charge in [-0.3, -0.25) is 0 Å². The highest BCUT2D eigenvalue weighted by Crippen LogP contribution is 2.17. The molecule has 0 aliphatic rings. The van der Waals surface area contributed by atoms with Crippen LogP contribution < -0.4 is 10.1 Å². The van der Waals surface area contributed by atoms with E-state index in [-0.39, 0.29) is 0 Å². The SMILES string of the molecule is CCCCCCCOc1ccc(CNc2cc(C)cc(C)c2)cc1. The van der Waals surface area contributed by atoms with Gasteiger partial charge in [-0.05, 0) is 61.2 Å². The molecule has 0 aromatic heterocycles. The molecule has 0 amide bonds. The average Bonchev–Trinajstić information content (AvgIpc) is 2.56. The fourth-order valence-electron chi connectivity index (χ4n) is 2.88. The summed E-state index contributed by atoms with van der Waals surface area (Å²) in [6.07, 6.45) is 6.37. The van der Waals surface area contributed by atoms with Gasteiger partial charge < -0.3 is 10.1 Å². The second kappa shape index (κ2) is 10.0. The van der Waals surface area contributed by atoms with Crippen LogP contribution in [0.3, 0.4) is 0 Å². The third-order valence-electron chi connectivity index (χ3n) is 4.16. The molecule has 2 heteroatoms. The van der Waals surface area contributed by atoms with E-state index in [1.165, 1.54) is 48.1 Å². The predicted octanol–water partition coefficient (Wildman–Crippen LogP) is 6.26. The first kappa shape index (κ1) is 18.4. The Morgan fingerprint density at radius 1 is 0.833 bits per heavy atom. The number of hydrogen-bond acceptors (Lipinski definition) is 2. The van der Waals surface area contributed by atoms with Crippen LogP contribution in [0.25, 0.3) is 0 Å². The number of anilines is 1. The molecule has 0 atom stereocenters. The lowest BCUT2D eigenvalue weighted by molar-refractivity contribution is 0.304. The van der Waals surface area contributed by atoms with Gasteiger partial charge in [0.2, 0.25) is 0 Å². The maximum absolute atomic E-state index is 5.82. The molecule has 1 N–H and O–H groups in total. The van der Waals surface area contributed by atoms with Crippen LogP contribution in [-0.4, -0.2) is 6.61 Å². The molecule has 2 rings (SSSR count). The summed E-state index contributed by atoms with van der Waals surface area (Å²) in [5.74, 6) is 0.973. The fourth-order valence-corrected chi connectivity index (χ4v) is 2.88. The van der Waals surface area contributed by atoms with Crippen molar-refractivity contribution in [1.82, 2.24) is 0 Å². The predicted molar refractivity (Wildman–Crippen MR) is 104 cm³/mol. The molecule has 0 aliphatic heterocycles. The Labute approximate surface area is 147 Å². The molecule has 0 saturated heterocycles. The summed E-state index contributed by atoms with van der Waals surface area (Å²) in [7, 11) is 0. The monoisotopic (exact) mass is 325 g/mol. The summed E-state index contributed by atoms with van der Waals surface area (Å²) >= 11 is 0. The smallest absolute Gasteiger partial charge is 0.119 e. The van der Waals surface area contributed by atoms with Crippen LogP contribution in [0.2, 0.25) is 0 Å². The van der Waals surface area contributed by atoms with Crippen LogP contribution >= 0.6 is 0 Å². The van der Waals surface area contributed by atoms with E-state index in [1.807, 2.05) is 0 Å². The van der Waals surface area contributed by atoms with Crippen molar-refractivity contribution in [3.63, 3.8) is 0 Å². The Balaban J connectivity index is 1.73. The van der Waals surface area contributed by atoms with Gasteiger partial charge in [-0.15, -0.1) is 0 Å². The van der Waals surface area contributed by atoms with E-state index < -0.39 is 0 Å². The number of benzene rings is 2. The first-order chi connectivity index (χ1) is 11.7. The van der Waals surface area contributed by atoms with Crippen molar-refractivity contribution < 1.29 is 4.74 Å². The normalized spacial score (nSPS) is 10.6.